The molecule has 1 aromatic heterocycles. The Morgan fingerprint density at radius 3 is 2.47 bits per heavy atom. The molecule has 0 radical (unpaired) electrons. The fourth-order valence-corrected chi connectivity index (χ4v) is 4.99. The van der Waals surface area contributed by atoms with E-state index in [-0.39, 0.29) is 23.0 Å². The van der Waals surface area contributed by atoms with Crippen molar-refractivity contribution in [1.82, 2.24) is 19.8 Å². The molecule has 1 saturated heterocycles. The molecule has 9 heteroatoms. The van der Waals surface area contributed by atoms with E-state index in [0.29, 0.717) is 42.6 Å². The van der Waals surface area contributed by atoms with Crippen LogP contribution in [0.1, 0.15) is 12.8 Å². The molecule has 2 aromatic carbocycles. The zero-order valence-corrected chi connectivity index (χ0v) is 21.5. The molecule has 3 aromatic rings. The van der Waals surface area contributed by atoms with Gasteiger partial charge in [-0.05, 0) is 62.8 Å². The molecule has 0 atom stereocenters. The molecule has 2 heterocycles. The number of hydrogen-bond donors (Lipinski definition) is 1. The van der Waals surface area contributed by atoms with Gasteiger partial charge in [0.05, 0.1) is 5.56 Å². The zero-order chi connectivity index (χ0) is 26.7. The van der Waals surface area contributed by atoms with Crippen LogP contribution < -0.4 is 15.2 Å². The van der Waals surface area contributed by atoms with Crippen LogP contribution in [0, 0.1) is 16.7 Å². The average Bonchev–Trinajstić information content (AvgIpc) is 2.86. The highest BCUT2D eigenvalue weighted by Gasteiger charge is 2.55. The number of ether oxygens (including phenoxy) is 2. The molecule has 1 spiro atoms. The van der Waals surface area contributed by atoms with Crippen LogP contribution >= 0.6 is 0 Å². The second-order valence-electron chi connectivity index (χ2n) is 10.2. The minimum Gasteiger partial charge on any atom is -0.474 e. The number of nitrogens with two attached hydrogens (primary N) is 1. The number of nitriles is 1. The number of amides is 1. The topological polar surface area (TPSA) is 118 Å². The van der Waals surface area contributed by atoms with Gasteiger partial charge < -0.3 is 25.0 Å². The van der Waals surface area contributed by atoms with Gasteiger partial charge in [0.1, 0.15) is 41.4 Å². The minimum atomic E-state index is -0.199. The van der Waals surface area contributed by atoms with Crippen LogP contribution in [0.15, 0.2) is 72.6 Å². The summed E-state index contributed by atoms with van der Waals surface area (Å²) in [6.07, 6.45) is 4.69. The van der Waals surface area contributed by atoms with Gasteiger partial charge in [0.15, 0.2) is 0 Å². The third-order valence-electron chi connectivity index (χ3n) is 6.91. The number of para-hydroxylation sites is 1. The molecule has 1 aliphatic carbocycles. The summed E-state index contributed by atoms with van der Waals surface area (Å²) in [7, 11) is 3.80. The second-order valence-corrected chi connectivity index (χ2v) is 10.2. The lowest BCUT2D eigenvalue weighted by molar-refractivity contribution is -0.156. The van der Waals surface area contributed by atoms with Gasteiger partial charge in [-0.15, -0.1) is 0 Å². The zero-order valence-electron chi connectivity index (χ0n) is 21.5. The van der Waals surface area contributed by atoms with Crippen molar-refractivity contribution in [3.05, 3.63) is 72.6 Å². The van der Waals surface area contributed by atoms with E-state index in [1.807, 2.05) is 79.7 Å². The number of carbonyl (C=O) groups excluding carboxylic acids is 1. The lowest BCUT2D eigenvalue weighted by atomic mass is 9.61. The van der Waals surface area contributed by atoms with Crippen molar-refractivity contribution in [2.45, 2.75) is 18.9 Å². The summed E-state index contributed by atoms with van der Waals surface area (Å²) in [6.45, 7) is 1.82. The first kappa shape index (κ1) is 25.2. The van der Waals surface area contributed by atoms with Gasteiger partial charge in [-0.25, -0.2) is 9.97 Å². The normalized spacial score (nSPS) is 16.5. The highest BCUT2D eigenvalue weighted by Crippen LogP contribution is 2.50. The van der Waals surface area contributed by atoms with Crippen LogP contribution in [0.3, 0.4) is 0 Å². The number of nitrogens with zero attached hydrogens (tertiary/aromatic N) is 5. The van der Waals surface area contributed by atoms with Crippen LogP contribution in [0.25, 0.3) is 11.1 Å². The van der Waals surface area contributed by atoms with E-state index in [1.54, 1.807) is 11.0 Å². The summed E-state index contributed by atoms with van der Waals surface area (Å²) in [5, 5.41) is 9.38. The molecule has 2 fully saturated rings. The number of anilines is 1. The summed E-state index contributed by atoms with van der Waals surface area (Å²) in [5.41, 5.74) is 7.95. The summed E-state index contributed by atoms with van der Waals surface area (Å²) in [5.74, 6) is 2.05. The molecule has 0 bridgehead atoms. The van der Waals surface area contributed by atoms with Gasteiger partial charge in [0, 0.05) is 25.0 Å². The maximum atomic E-state index is 12.7. The molecule has 1 aliphatic heterocycles. The van der Waals surface area contributed by atoms with E-state index in [9.17, 15) is 10.1 Å². The van der Waals surface area contributed by atoms with Gasteiger partial charge >= 0.3 is 0 Å². The van der Waals surface area contributed by atoms with E-state index in [0.717, 1.165) is 24.2 Å². The number of nitrogen functional groups attached to an aromatic ring is 1. The predicted octanol–water partition coefficient (Wildman–Crippen LogP) is 3.90. The summed E-state index contributed by atoms with van der Waals surface area (Å²) in [6, 6.07) is 19.2. The standard InChI is InChI=1S/C29H30N6O3/c1-34(2)13-12-21(16-30)28(36)35-17-29(18-35)14-24(15-29)38-27-25(26(31)32-19-33-27)20-8-10-23(11-9-20)37-22-6-4-3-5-7-22/h3-12,19,24H,13-15,17-18H2,1-2H3,(H2,31,32,33)/b21-12+. The summed E-state index contributed by atoms with van der Waals surface area (Å²) < 4.78 is 12.2. The Morgan fingerprint density at radius 1 is 1.13 bits per heavy atom. The number of benzene rings is 2. The Labute approximate surface area is 222 Å². The van der Waals surface area contributed by atoms with Crippen molar-refractivity contribution in [3.8, 4) is 34.6 Å². The van der Waals surface area contributed by atoms with Crippen molar-refractivity contribution < 1.29 is 14.3 Å². The van der Waals surface area contributed by atoms with Crippen LogP contribution in [0.2, 0.25) is 0 Å². The third kappa shape index (κ3) is 5.31. The largest absolute Gasteiger partial charge is 0.474 e. The Kier molecular flexibility index (Phi) is 6.99. The van der Waals surface area contributed by atoms with Crippen LogP contribution in [-0.4, -0.2) is 65.5 Å². The molecule has 194 valence electrons. The average molecular weight is 511 g/mol. The highest BCUT2D eigenvalue weighted by molar-refractivity contribution is 5.97. The van der Waals surface area contributed by atoms with Gasteiger partial charge in [-0.2, -0.15) is 5.26 Å². The highest BCUT2D eigenvalue weighted by atomic mass is 16.5. The number of aromatic nitrogens is 2. The molecular formula is C29H30N6O3. The first-order chi connectivity index (χ1) is 18.4. The summed E-state index contributed by atoms with van der Waals surface area (Å²) >= 11 is 0. The number of likely N-dealkylation sites (tertiary alicyclic amines) is 1. The fourth-order valence-electron chi connectivity index (χ4n) is 4.99. The van der Waals surface area contributed by atoms with E-state index in [4.69, 9.17) is 15.2 Å². The Balaban J connectivity index is 1.20. The molecule has 38 heavy (non-hydrogen) atoms. The monoisotopic (exact) mass is 510 g/mol. The molecule has 5 rings (SSSR count). The fraction of sp³-hybridized carbons (Fsp3) is 0.310. The molecule has 1 saturated carbocycles. The quantitative estimate of drug-likeness (QED) is 0.358. The Hall–Kier alpha value is -4.42. The lowest BCUT2D eigenvalue weighted by Gasteiger charge is -2.58. The maximum absolute atomic E-state index is 12.7. The van der Waals surface area contributed by atoms with Crippen LogP contribution in [0.5, 0.6) is 17.4 Å². The smallest absolute Gasteiger partial charge is 0.264 e. The van der Waals surface area contributed by atoms with Gasteiger partial charge in [0.2, 0.25) is 5.88 Å². The molecule has 9 nitrogen and oxygen atoms in total. The van der Waals surface area contributed by atoms with Gasteiger partial charge in [0.25, 0.3) is 5.91 Å². The first-order valence-electron chi connectivity index (χ1n) is 12.5. The van der Waals surface area contributed by atoms with E-state index < -0.39 is 0 Å². The van der Waals surface area contributed by atoms with Crippen molar-refractivity contribution in [2.24, 2.45) is 5.41 Å². The van der Waals surface area contributed by atoms with Crippen molar-refractivity contribution in [2.75, 3.05) is 39.5 Å². The van der Waals surface area contributed by atoms with Crippen molar-refractivity contribution in [3.63, 3.8) is 0 Å². The molecule has 0 unspecified atom stereocenters. The minimum absolute atomic E-state index is 0.0271. The van der Waals surface area contributed by atoms with Crippen molar-refractivity contribution >= 4 is 11.7 Å². The lowest BCUT2D eigenvalue weighted by Crippen LogP contribution is -2.66. The van der Waals surface area contributed by atoms with Crippen LogP contribution in [0.4, 0.5) is 5.82 Å². The number of likely N-dealkylation sites (N-methyl/N-ethyl adjacent to an activating group) is 1. The van der Waals surface area contributed by atoms with Crippen LogP contribution in [-0.2, 0) is 4.79 Å². The third-order valence-corrected chi connectivity index (χ3v) is 6.91. The summed E-state index contributed by atoms with van der Waals surface area (Å²) in [4.78, 5) is 24.9. The van der Waals surface area contributed by atoms with E-state index >= 15 is 0 Å². The molecule has 2 N–H and O–H groups in total. The number of hydrogen-bond acceptors (Lipinski definition) is 8. The number of rotatable bonds is 8. The Bertz CT molecular complexity index is 1370. The maximum Gasteiger partial charge on any atom is 0.264 e. The number of carbonyl (C=O) groups is 1. The second kappa shape index (κ2) is 10.5. The van der Waals surface area contributed by atoms with E-state index in [1.165, 1.54) is 6.33 Å². The predicted molar refractivity (Wildman–Crippen MR) is 143 cm³/mol. The van der Waals surface area contributed by atoms with Gasteiger partial charge in [-0.1, -0.05) is 30.3 Å². The Morgan fingerprint density at radius 2 is 1.82 bits per heavy atom. The van der Waals surface area contributed by atoms with Gasteiger partial charge in [-0.3, -0.25) is 4.79 Å². The van der Waals surface area contributed by atoms with E-state index in [2.05, 4.69) is 9.97 Å². The molecular weight excluding hydrogens is 480 g/mol. The SMILES string of the molecule is CN(C)C/C=C(\C#N)C(=O)N1CC2(CC(Oc3ncnc(N)c3-c3ccc(Oc4ccccc4)cc3)C2)C1. The molecule has 1 amide bonds. The van der Waals surface area contributed by atoms with Crippen molar-refractivity contribution in [1.29, 1.82) is 5.26 Å². The molecule has 2 aliphatic rings. The first-order valence-corrected chi connectivity index (χ1v) is 12.5.